The second-order valence-electron chi connectivity index (χ2n) is 4.88. The van der Waals surface area contributed by atoms with Crippen LogP contribution in [0.2, 0.25) is 0 Å². The number of hydrogen-bond acceptors (Lipinski definition) is 1. The zero-order chi connectivity index (χ0) is 14.5. The minimum absolute atomic E-state index is 0.0309. The van der Waals surface area contributed by atoms with Crippen LogP contribution in [-0.4, -0.2) is 6.54 Å². The number of halogens is 2. The normalized spacial score (nSPS) is 12.4. The molecule has 0 amide bonds. The molecule has 2 rings (SSSR count). The van der Waals surface area contributed by atoms with Crippen LogP contribution in [0, 0.1) is 12.7 Å². The van der Waals surface area contributed by atoms with Gasteiger partial charge in [0, 0.05) is 16.1 Å². The van der Waals surface area contributed by atoms with Crippen molar-refractivity contribution < 1.29 is 4.39 Å². The van der Waals surface area contributed by atoms with Gasteiger partial charge in [-0.05, 0) is 43.1 Å². The van der Waals surface area contributed by atoms with Gasteiger partial charge in [0.15, 0.2) is 0 Å². The fourth-order valence-corrected chi connectivity index (χ4v) is 3.04. The lowest BCUT2D eigenvalue weighted by Gasteiger charge is -2.21. The molecule has 0 aliphatic heterocycles. The summed E-state index contributed by atoms with van der Waals surface area (Å²) in [6.45, 7) is 4.94. The fourth-order valence-electron chi connectivity index (χ4n) is 2.43. The summed E-state index contributed by atoms with van der Waals surface area (Å²) in [5, 5.41) is 3.39. The molecule has 1 nitrogen and oxygen atoms in total. The second-order valence-corrected chi connectivity index (χ2v) is 5.73. The highest BCUT2D eigenvalue weighted by Crippen LogP contribution is 2.29. The maximum absolute atomic E-state index is 14.2. The predicted molar refractivity (Wildman–Crippen MR) is 85.4 cm³/mol. The van der Waals surface area contributed by atoms with E-state index < -0.39 is 0 Å². The molecule has 1 N–H and O–H groups in total. The molecule has 0 saturated heterocycles. The smallest absolute Gasteiger partial charge is 0.129 e. The molecule has 20 heavy (non-hydrogen) atoms. The third-order valence-electron chi connectivity index (χ3n) is 3.48. The first-order valence-corrected chi connectivity index (χ1v) is 7.64. The summed E-state index contributed by atoms with van der Waals surface area (Å²) in [5.41, 5.74) is 3.19. The quantitative estimate of drug-likeness (QED) is 0.828. The van der Waals surface area contributed by atoms with Crippen LogP contribution in [-0.2, 0) is 6.42 Å². The van der Waals surface area contributed by atoms with Gasteiger partial charge in [0.1, 0.15) is 5.82 Å². The van der Waals surface area contributed by atoms with Gasteiger partial charge >= 0.3 is 0 Å². The molecular weight excluding hydrogens is 317 g/mol. The van der Waals surface area contributed by atoms with Crippen LogP contribution in [0.5, 0.6) is 0 Å². The van der Waals surface area contributed by atoms with Crippen molar-refractivity contribution in [3.8, 4) is 0 Å². The number of nitrogens with one attached hydrogen (secondary N) is 1. The van der Waals surface area contributed by atoms with Crippen LogP contribution >= 0.6 is 15.9 Å². The van der Waals surface area contributed by atoms with E-state index in [0.717, 1.165) is 17.4 Å². The van der Waals surface area contributed by atoms with E-state index in [9.17, 15) is 4.39 Å². The molecule has 3 heteroatoms. The van der Waals surface area contributed by atoms with Crippen LogP contribution in [0.25, 0.3) is 0 Å². The summed E-state index contributed by atoms with van der Waals surface area (Å²) < 4.78 is 15.0. The highest BCUT2D eigenvalue weighted by atomic mass is 79.9. The fraction of sp³-hybridized carbons (Fsp3) is 0.294. The van der Waals surface area contributed by atoms with E-state index in [4.69, 9.17) is 0 Å². The molecule has 0 spiro atoms. The second kappa shape index (κ2) is 7.00. The Morgan fingerprint density at radius 2 is 1.90 bits per heavy atom. The van der Waals surface area contributed by atoms with Crippen LogP contribution in [0.4, 0.5) is 4.39 Å². The average Bonchev–Trinajstić information content (AvgIpc) is 2.41. The van der Waals surface area contributed by atoms with Crippen molar-refractivity contribution in [1.82, 2.24) is 5.32 Å². The van der Waals surface area contributed by atoms with Crippen molar-refractivity contribution in [3.05, 3.63) is 69.4 Å². The molecular formula is C17H19BrFN. The molecule has 0 aliphatic carbocycles. The molecule has 0 aromatic heterocycles. The molecule has 0 aliphatic rings. The predicted octanol–water partition coefficient (Wildman–Crippen LogP) is 4.79. The largest absolute Gasteiger partial charge is 0.310 e. The standard InChI is InChI=1S/C17H19BrFN/c1-3-20-16(11-13-8-5-4-7-12(13)2)17-14(18)9-6-10-15(17)19/h4-10,16,20H,3,11H2,1-2H3. The van der Waals surface area contributed by atoms with Crippen molar-refractivity contribution in [3.63, 3.8) is 0 Å². The summed E-state index contributed by atoms with van der Waals surface area (Å²) in [6.07, 6.45) is 0.778. The zero-order valence-corrected chi connectivity index (χ0v) is 13.4. The number of likely N-dealkylation sites (N-methyl/N-ethyl adjacent to an activating group) is 1. The van der Waals surface area contributed by atoms with Gasteiger partial charge in [-0.2, -0.15) is 0 Å². The first-order chi connectivity index (χ1) is 9.63. The Kier molecular flexibility index (Phi) is 5.32. The van der Waals surface area contributed by atoms with Gasteiger partial charge in [-0.15, -0.1) is 0 Å². The Morgan fingerprint density at radius 3 is 2.55 bits per heavy atom. The topological polar surface area (TPSA) is 12.0 Å². The van der Waals surface area contributed by atoms with E-state index in [1.165, 1.54) is 17.2 Å². The SMILES string of the molecule is CCNC(Cc1ccccc1C)c1c(F)cccc1Br. The van der Waals surface area contributed by atoms with Crippen molar-refractivity contribution in [2.45, 2.75) is 26.3 Å². The van der Waals surface area contributed by atoms with E-state index in [2.05, 4.69) is 40.3 Å². The van der Waals surface area contributed by atoms with Gasteiger partial charge in [0.05, 0.1) is 0 Å². The summed E-state index contributed by atoms with van der Waals surface area (Å²) >= 11 is 3.47. The monoisotopic (exact) mass is 335 g/mol. The van der Waals surface area contributed by atoms with Crippen LogP contribution in [0.1, 0.15) is 29.7 Å². The maximum atomic E-state index is 14.2. The van der Waals surface area contributed by atoms with E-state index in [0.29, 0.717) is 5.56 Å². The summed E-state index contributed by atoms with van der Waals surface area (Å²) in [5.74, 6) is -0.168. The lowest BCUT2D eigenvalue weighted by Crippen LogP contribution is -2.24. The van der Waals surface area contributed by atoms with Crippen LogP contribution in [0.3, 0.4) is 0 Å². The Morgan fingerprint density at radius 1 is 1.15 bits per heavy atom. The minimum Gasteiger partial charge on any atom is -0.310 e. The van der Waals surface area contributed by atoms with E-state index in [-0.39, 0.29) is 11.9 Å². The first-order valence-electron chi connectivity index (χ1n) is 6.85. The van der Waals surface area contributed by atoms with Gasteiger partial charge in [0.25, 0.3) is 0 Å². The maximum Gasteiger partial charge on any atom is 0.129 e. The third kappa shape index (κ3) is 3.47. The number of rotatable bonds is 5. The zero-order valence-electron chi connectivity index (χ0n) is 11.8. The van der Waals surface area contributed by atoms with Gasteiger partial charge in [-0.1, -0.05) is 53.2 Å². The summed E-state index contributed by atoms with van der Waals surface area (Å²) in [7, 11) is 0. The van der Waals surface area contributed by atoms with Crippen LogP contribution in [0.15, 0.2) is 46.9 Å². The van der Waals surface area contributed by atoms with Crippen molar-refractivity contribution in [2.24, 2.45) is 0 Å². The highest BCUT2D eigenvalue weighted by Gasteiger charge is 2.18. The number of aryl methyl sites for hydroxylation is 1. The number of hydrogen-bond donors (Lipinski definition) is 1. The molecule has 2 aromatic rings. The van der Waals surface area contributed by atoms with Gasteiger partial charge in [0.2, 0.25) is 0 Å². The van der Waals surface area contributed by atoms with Crippen molar-refractivity contribution in [1.29, 1.82) is 0 Å². The minimum atomic E-state index is -0.168. The van der Waals surface area contributed by atoms with E-state index in [1.54, 1.807) is 6.07 Å². The third-order valence-corrected chi connectivity index (χ3v) is 4.18. The Bertz CT molecular complexity index is 563. The highest BCUT2D eigenvalue weighted by molar-refractivity contribution is 9.10. The molecule has 106 valence electrons. The lowest BCUT2D eigenvalue weighted by atomic mass is 9.95. The van der Waals surface area contributed by atoms with Crippen LogP contribution < -0.4 is 5.32 Å². The molecule has 0 fully saturated rings. The van der Waals surface area contributed by atoms with Gasteiger partial charge < -0.3 is 5.32 Å². The van der Waals surface area contributed by atoms with Crippen molar-refractivity contribution in [2.75, 3.05) is 6.54 Å². The van der Waals surface area contributed by atoms with E-state index >= 15 is 0 Å². The Balaban J connectivity index is 2.35. The van der Waals surface area contributed by atoms with E-state index in [1.807, 2.05) is 25.1 Å². The molecule has 2 aromatic carbocycles. The number of benzene rings is 2. The first kappa shape index (κ1) is 15.2. The molecule has 0 saturated carbocycles. The lowest BCUT2D eigenvalue weighted by molar-refractivity contribution is 0.507. The molecule has 1 atom stereocenters. The molecule has 0 heterocycles. The summed E-state index contributed by atoms with van der Waals surface area (Å²) in [4.78, 5) is 0. The molecule has 1 unspecified atom stereocenters. The average molecular weight is 336 g/mol. The Labute approximate surface area is 128 Å². The Hall–Kier alpha value is -1.19. The van der Waals surface area contributed by atoms with Gasteiger partial charge in [-0.25, -0.2) is 4.39 Å². The summed E-state index contributed by atoms with van der Waals surface area (Å²) in [6, 6.07) is 13.4. The molecule has 0 bridgehead atoms. The molecule has 0 radical (unpaired) electrons. The van der Waals surface area contributed by atoms with Crippen molar-refractivity contribution >= 4 is 15.9 Å². The van der Waals surface area contributed by atoms with Gasteiger partial charge in [-0.3, -0.25) is 0 Å².